The van der Waals surface area contributed by atoms with E-state index in [2.05, 4.69) is 13.8 Å². The third-order valence-corrected chi connectivity index (χ3v) is 4.93. The first kappa shape index (κ1) is 24.4. The average molecular weight is 385 g/mol. The van der Waals surface area contributed by atoms with Gasteiger partial charge in [0.2, 0.25) is 0 Å². The molecule has 0 atom stereocenters. The number of phenols is 2. The fourth-order valence-corrected chi connectivity index (χ4v) is 3.20. The Bertz CT molecular complexity index is 436. The van der Waals surface area contributed by atoms with Gasteiger partial charge in [-0.25, -0.2) is 0 Å². The summed E-state index contributed by atoms with van der Waals surface area (Å²) in [7, 11) is 0. The SMILES string of the molecule is C1CCCC1.C1CCCC1.CC(C)c1cc(O)c(O)c(C(C)C)c1.[V]. The van der Waals surface area contributed by atoms with Crippen LogP contribution in [0.3, 0.4) is 0 Å². The van der Waals surface area contributed by atoms with Crippen molar-refractivity contribution < 1.29 is 28.8 Å². The molecule has 2 aliphatic carbocycles. The second kappa shape index (κ2) is 13.6. The maximum atomic E-state index is 9.62. The molecular formula is C22H38O2V. The van der Waals surface area contributed by atoms with Gasteiger partial charge in [0.1, 0.15) is 0 Å². The molecule has 143 valence electrons. The monoisotopic (exact) mass is 385 g/mol. The zero-order chi connectivity index (χ0) is 17.9. The van der Waals surface area contributed by atoms with Crippen LogP contribution in [-0.2, 0) is 18.6 Å². The van der Waals surface area contributed by atoms with Crippen molar-refractivity contribution in [3.8, 4) is 11.5 Å². The molecule has 0 amide bonds. The van der Waals surface area contributed by atoms with Crippen molar-refractivity contribution in [3.63, 3.8) is 0 Å². The molecule has 1 aromatic rings. The summed E-state index contributed by atoms with van der Waals surface area (Å²) in [5.41, 5.74) is 1.87. The molecule has 3 rings (SSSR count). The van der Waals surface area contributed by atoms with Crippen LogP contribution in [0.2, 0.25) is 0 Å². The van der Waals surface area contributed by atoms with E-state index in [0.29, 0.717) is 5.92 Å². The summed E-state index contributed by atoms with van der Waals surface area (Å²) in [6.45, 7) is 8.13. The average Bonchev–Trinajstić information content (AvgIpc) is 3.28. The van der Waals surface area contributed by atoms with Gasteiger partial charge in [-0.1, -0.05) is 98.0 Å². The molecule has 1 radical (unpaired) electrons. The Morgan fingerprint density at radius 1 is 0.640 bits per heavy atom. The number of phenolic OH excluding ortho intramolecular Hbond substituents is 2. The van der Waals surface area contributed by atoms with E-state index in [9.17, 15) is 10.2 Å². The third kappa shape index (κ3) is 9.61. The first-order valence-corrected chi connectivity index (χ1v) is 9.99. The van der Waals surface area contributed by atoms with Crippen LogP contribution in [0.1, 0.15) is 115 Å². The van der Waals surface area contributed by atoms with E-state index in [1.54, 1.807) is 6.07 Å². The van der Waals surface area contributed by atoms with Crippen molar-refractivity contribution in [2.24, 2.45) is 0 Å². The summed E-state index contributed by atoms with van der Waals surface area (Å²) in [6.07, 6.45) is 15.0. The minimum absolute atomic E-state index is 0. The molecule has 2 N–H and O–H groups in total. The molecule has 3 heteroatoms. The smallest absolute Gasteiger partial charge is 0.160 e. The van der Waals surface area contributed by atoms with Gasteiger partial charge in [-0.3, -0.25) is 0 Å². The number of hydrogen-bond acceptors (Lipinski definition) is 2. The second-order valence-corrected chi connectivity index (χ2v) is 7.82. The zero-order valence-electron chi connectivity index (χ0n) is 16.7. The van der Waals surface area contributed by atoms with Crippen LogP contribution in [0.25, 0.3) is 0 Å². The van der Waals surface area contributed by atoms with Crippen LogP contribution in [0.5, 0.6) is 11.5 Å². The standard InChI is InChI=1S/C12H18O2.2C5H10.V/c1-7(2)9-5-10(8(3)4)12(14)11(13)6-9;2*1-2-4-5-3-1;/h5-8,13-14H,1-4H3;2*1-5H2;. The molecule has 25 heavy (non-hydrogen) atoms. The van der Waals surface area contributed by atoms with Crippen molar-refractivity contribution in [2.75, 3.05) is 0 Å². The van der Waals surface area contributed by atoms with Crippen LogP contribution in [0.15, 0.2) is 12.1 Å². The van der Waals surface area contributed by atoms with Gasteiger partial charge in [-0.2, -0.15) is 0 Å². The number of aromatic hydroxyl groups is 2. The molecular weight excluding hydrogens is 347 g/mol. The maximum absolute atomic E-state index is 9.62. The van der Waals surface area contributed by atoms with E-state index in [1.807, 2.05) is 19.9 Å². The fraction of sp³-hybridized carbons (Fsp3) is 0.727. The summed E-state index contributed by atoms with van der Waals surface area (Å²) >= 11 is 0. The van der Waals surface area contributed by atoms with Crippen molar-refractivity contribution >= 4 is 0 Å². The molecule has 0 aromatic heterocycles. The molecule has 0 spiro atoms. The first-order valence-electron chi connectivity index (χ1n) is 9.99. The molecule has 1 aromatic carbocycles. The zero-order valence-corrected chi connectivity index (χ0v) is 18.1. The molecule has 0 unspecified atom stereocenters. The summed E-state index contributed by atoms with van der Waals surface area (Å²) in [4.78, 5) is 0. The van der Waals surface area contributed by atoms with Gasteiger partial charge in [-0.15, -0.1) is 0 Å². The predicted molar refractivity (Wildman–Crippen MR) is 104 cm³/mol. The van der Waals surface area contributed by atoms with Crippen LogP contribution in [0, 0.1) is 0 Å². The molecule has 2 fully saturated rings. The Labute approximate surface area is 167 Å². The molecule has 0 saturated heterocycles. The Balaban J connectivity index is 0.000000425. The molecule has 0 bridgehead atoms. The Morgan fingerprint density at radius 3 is 1.28 bits per heavy atom. The molecule has 0 heterocycles. The fourth-order valence-electron chi connectivity index (χ4n) is 3.20. The molecule has 2 nitrogen and oxygen atoms in total. The normalized spacial score (nSPS) is 15.9. The summed E-state index contributed by atoms with van der Waals surface area (Å²) in [5.74, 6) is 0.586. The number of benzene rings is 1. The largest absolute Gasteiger partial charge is 0.504 e. The van der Waals surface area contributed by atoms with Crippen molar-refractivity contribution in [3.05, 3.63) is 23.3 Å². The number of rotatable bonds is 2. The second-order valence-electron chi connectivity index (χ2n) is 7.82. The van der Waals surface area contributed by atoms with E-state index in [1.165, 1.54) is 64.2 Å². The summed E-state index contributed by atoms with van der Waals surface area (Å²) in [5, 5.41) is 19.2. The van der Waals surface area contributed by atoms with Crippen LogP contribution >= 0.6 is 0 Å². The molecule has 2 aliphatic rings. The Morgan fingerprint density at radius 2 is 1.00 bits per heavy atom. The predicted octanol–water partition coefficient (Wildman–Crippen LogP) is 7.24. The third-order valence-electron chi connectivity index (χ3n) is 4.93. The van der Waals surface area contributed by atoms with Gasteiger partial charge in [0.15, 0.2) is 11.5 Å². The van der Waals surface area contributed by atoms with E-state index >= 15 is 0 Å². The van der Waals surface area contributed by atoms with Gasteiger partial charge in [0.05, 0.1) is 0 Å². The minimum Gasteiger partial charge on any atom is -0.504 e. The van der Waals surface area contributed by atoms with Crippen molar-refractivity contribution in [1.29, 1.82) is 0 Å². The van der Waals surface area contributed by atoms with Crippen molar-refractivity contribution in [1.82, 2.24) is 0 Å². The van der Waals surface area contributed by atoms with Gasteiger partial charge >= 0.3 is 0 Å². The van der Waals surface area contributed by atoms with E-state index in [-0.39, 0.29) is 36.0 Å². The van der Waals surface area contributed by atoms with E-state index < -0.39 is 0 Å². The number of hydrogen-bond donors (Lipinski definition) is 2. The van der Waals surface area contributed by atoms with Gasteiger partial charge in [0, 0.05) is 24.1 Å². The van der Waals surface area contributed by atoms with E-state index in [0.717, 1.165) is 11.1 Å². The van der Waals surface area contributed by atoms with Gasteiger partial charge in [-0.05, 0) is 23.5 Å². The Kier molecular flexibility index (Phi) is 13.3. The van der Waals surface area contributed by atoms with Gasteiger partial charge in [0.25, 0.3) is 0 Å². The minimum atomic E-state index is -0.0140. The van der Waals surface area contributed by atoms with Crippen LogP contribution in [0.4, 0.5) is 0 Å². The maximum Gasteiger partial charge on any atom is 0.160 e. The van der Waals surface area contributed by atoms with Crippen LogP contribution in [-0.4, -0.2) is 10.2 Å². The van der Waals surface area contributed by atoms with Gasteiger partial charge < -0.3 is 10.2 Å². The van der Waals surface area contributed by atoms with Crippen molar-refractivity contribution in [2.45, 2.75) is 104 Å². The Hall–Kier alpha value is -0.596. The summed E-state index contributed by atoms with van der Waals surface area (Å²) in [6, 6.07) is 3.59. The molecule has 0 aliphatic heterocycles. The van der Waals surface area contributed by atoms with Crippen LogP contribution < -0.4 is 0 Å². The molecule has 2 saturated carbocycles. The van der Waals surface area contributed by atoms with E-state index in [4.69, 9.17) is 0 Å². The first-order chi connectivity index (χ1) is 11.4. The summed E-state index contributed by atoms with van der Waals surface area (Å²) < 4.78 is 0. The quantitative estimate of drug-likeness (QED) is 0.527. The topological polar surface area (TPSA) is 40.5 Å².